The summed E-state index contributed by atoms with van der Waals surface area (Å²) in [7, 11) is 0. The molecule has 4 rings (SSSR count). The summed E-state index contributed by atoms with van der Waals surface area (Å²) < 4.78 is 44.8. The Balaban J connectivity index is 1.54. The zero-order valence-corrected chi connectivity index (χ0v) is 23.4. The van der Waals surface area contributed by atoms with E-state index in [9.17, 15) is 22.8 Å². The van der Waals surface area contributed by atoms with E-state index in [0.717, 1.165) is 44.6 Å². The van der Waals surface area contributed by atoms with Gasteiger partial charge in [0.05, 0.1) is 16.7 Å². The number of alkyl halides is 3. The van der Waals surface area contributed by atoms with Crippen LogP contribution in [0.15, 0.2) is 23.8 Å². The lowest BCUT2D eigenvalue weighted by Gasteiger charge is -2.30. The Kier molecular flexibility index (Phi) is 8.85. The fourth-order valence-electron chi connectivity index (χ4n) is 5.38. The summed E-state index contributed by atoms with van der Waals surface area (Å²) in [6.45, 7) is 7.18. The van der Waals surface area contributed by atoms with E-state index in [0.29, 0.717) is 23.7 Å². The third-order valence-electron chi connectivity index (χ3n) is 7.26. The zero-order valence-electron chi connectivity index (χ0n) is 22.6. The van der Waals surface area contributed by atoms with Gasteiger partial charge in [0.25, 0.3) is 0 Å². The lowest BCUT2D eigenvalue weighted by atomic mass is 9.81. The Labute approximate surface area is 230 Å². The molecule has 2 aromatic rings. The van der Waals surface area contributed by atoms with Gasteiger partial charge in [-0.25, -0.2) is 9.78 Å². The molecule has 2 unspecified atom stereocenters. The Hall–Kier alpha value is -2.73. The predicted molar refractivity (Wildman–Crippen MR) is 142 cm³/mol. The summed E-state index contributed by atoms with van der Waals surface area (Å²) in [6, 6.07) is 1.20. The highest BCUT2D eigenvalue weighted by molar-refractivity contribution is 7.14. The molecule has 39 heavy (non-hydrogen) atoms. The van der Waals surface area contributed by atoms with Crippen molar-refractivity contribution in [2.24, 2.45) is 0 Å². The molecular weight excluding hydrogens is 531 g/mol. The van der Waals surface area contributed by atoms with Gasteiger partial charge in [0, 0.05) is 30.4 Å². The quantitative estimate of drug-likeness (QED) is 0.452. The smallest absolute Gasteiger partial charge is 0.417 e. The highest BCUT2D eigenvalue weighted by Crippen LogP contribution is 2.44. The van der Waals surface area contributed by atoms with Crippen molar-refractivity contribution in [2.75, 3.05) is 18.4 Å². The molecule has 8 nitrogen and oxygen atoms in total. The highest BCUT2D eigenvalue weighted by Gasteiger charge is 2.49. The fraction of sp³-hybridized carbons (Fsp3) is 0.630. The number of rotatable bonds is 6. The van der Waals surface area contributed by atoms with Crippen molar-refractivity contribution in [1.29, 1.82) is 0 Å². The lowest BCUT2D eigenvalue weighted by molar-refractivity contribution is -0.137. The second-order valence-corrected chi connectivity index (χ2v) is 12.2. The molecule has 0 spiro atoms. The van der Waals surface area contributed by atoms with Crippen LogP contribution in [-0.2, 0) is 27.7 Å². The number of thiazole rings is 1. The van der Waals surface area contributed by atoms with Gasteiger partial charge >= 0.3 is 12.3 Å². The van der Waals surface area contributed by atoms with Crippen LogP contribution in [0.1, 0.15) is 82.5 Å². The van der Waals surface area contributed by atoms with Crippen molar-refractivity contribution in [2.45, 2.75) is 95.5 Å². The van der Waals surface area contributed by atoms with Crippen LogP contribution in [0.25, 0.3) is 0 Å². The van der Waals surface area contributed by atoms with Crippen molar-refractivity contribution >= 4 is 28.5 Å². The molecule has 0 bridgehead atoms. The number of hydrogen-bond acceptors (Lipinski definition) is 7. The molecule has 2 amide bonds. The van der Waals surface area contributed by atoms with Crippen LogP contribution in [0.4, 0.5) is 23.1 Å². The molecule has 1 aliphatic heterocycles. The van der Waals surface area contributed by atoms with Gasteiger partial charge in [-0.3, -0.25) is 15.1 Å². The van der Waals surface area contributed by atoms with E-state index in [1.54, 1.807) is 26.2 Å². The number of hydrogen-bond donors (Lipinski definition) is 2. The molecule has 1 saturated heterocycles. The van der Waals surface area contributed by atoms with Gasteiger partial charge in [-0.2, -0.15) is 13.2 Å². The molecular formula is C27H36F3N5O3S. The number of carbonyl (C=O) groups is 2. The molecule has 0 aromatic carbocycles. The fourth-order valence-corrected chi connectivity index (χ4v) is 6.17. The van der Waals surface area contributed by atoms with Crippen LogP contribution in [0.2, 0.25) is 0 Å². The predicted octanol–water partition coefficient (Wildman–Crippen LogP) is 5.89. The van der Waals surface area contributed by atoms with E-state index in [1.807, 2.05) is 0 Å². The summed E-state index contributed by atoms with van der Waals surface area (Å²) in [5, 5.41) is 7.62. The summed E-state index contributed by atoms with van der Waals surface area (Å²) >= 11 is 1.21. The molecule has 1 aliphatic carbocycles. The number of nitrogens with zero attached hydrogens (tertiary/aromatic N) is 3. The first-order valence-corrected chi connectivity index (χ1v) is 14.2. The molecule has 2 aliphatic rings. The summed E-state index contributed by atoms with van der Waals surface area (Å²) in [5.74, 6) is -0.286. The zero-order chi connectivity index (χ0) is 28.3. The Morgan fingerprint density at radius 1 is 1.15 bits per heavy atom. The van der Waals surface area contributed by atoms with Gasteiger partial charge in [-0.15, -0.1) is 11.3 Å². The largest absolute Gasteiger partial charge is 0.444 e. The van der Waals surface area contributed by atoms with Crippen LogP contribution < -0.4 is 10.6 Å². The van der Waals surface area contributed by atoms with E-state index in [2.05, 4.69) is 25.5 Å². The number of halogens is 3. The third-order valence-corrected chi connectivity index (χ3v) is 8.02. The molecule has 1 saturated carbocycles. The lowest BCUT2D eigenvalue weighted by Crippen LogP contribution is -2.44. The second-order valence-electron chi connectivity index (χ2n) is 11.4. The number of nitrogens with one attached hydrogen (secondary N) is 2. The number of likely N-dealkylation sites (tertiary alicyclic amines) is 1. The first-order valence-electron chi connectivity index (χ1n) is 13.4. The molecule has 2 N–H and O–H groups in total. The monoisotopic (exact) mass is 567 g/mol. The van der Waals surface area contributed by atoms with Crippen LogP contribution in [-0.4, -0.2) is 51.6 Å². The molecule has 3 heterocycles. The second kappa shape index (κ2) is 11.8. The average molecular weight is 568 g/mol. The maximum Gasteiger partial charge on any atom is 0.417 e. The number of pyridine rings is 1. The molecule has 0 radical (unpaired) electrons. The number of amides is 2. The minimum absolute atomic E-state index is 0.0843. The van der Waals surface area contributed by atoms with E-state index >= 15 is 0 Å². The van der Waals surface area contributed by atoms with Crippen molar-refractivity contribution in [3.05, 3.63) is 40.7 Å². The van der Waals surface area contributed by atoms with E-state index in [-0.39, 0.29) is 24.1 Å². The molecule has 12 heteroatoms. The van der Waals surface area contributed by atoms with Gasteiger partial charge in [0.15, 0.2) is 5.13 Å². The normalized spacial score (nSPS) is 22.8. The van der Waals surface area contributed by atoms with Gasteiger partial charge < -0.3 is 15.0 Å². The molecule has 214 valence electrons. The maximum atomic E-state index is 13.8. The van der Waals surface area contributed by atoms with Crippen molar-refractivity contribution in [3.8, 4) is 0 Å². The van der Waals surface area contributed by atoms with Crippen LogP contribution in [0, 0.1) is 0 Å². The summed E-state index contributed by atoms with van der Waals surface area (Å²) in [4.78, 5) is 36.9. The van der Waals surface area contributed by atoms with Crippen molar-refractivity contribution in [3.63, 3.8) is 0 Å². The van der Waals surface area contributed by atoms with Crippen molar-refractivity contribution < 1.29 is 27.5 Å². The minimum atomic E-state index is -4.52. The molecule has 2 atom stereocenters. The first-order chi connectivity index (χ1) is 18.4. The topological polar surface area (TPSA) is 96.4 Å². The molecule has 2 fully saturated rings. The molecule has 2 aromatic heterocycles. The van der Waals surface area contributed by atoms with Crippen LogP contribution in [0.3, 0.4) is 0 Å². The van der Waals surface area contributed by atoms with E-state index in [1.165, 1.54) is 30.4 Å². The third kappa shape index (κ3) is 7.47. The van der Waals surface area contributed by atoms with Gasteiger partial charge in [0.2, 0.25) is 5.91 Å². The van der Waals surface area contributed by atoms with E-state index < -0.39 is 28.8 Å². The van der Waals surface area contributed by atoms with Crippen LogP contribution >= 0.6 is 11.3 Å². The van der Waals surface area contributed by atoms with Crippen LogP contribution in [0.5, 0.6) is 0 Å². The SMILES string of the molecule is CC(C)(C)OC(=O)Nc1nc(C2(C(=O)NCc3cncc(C(F)(F)F)c3)CCC(N3CCCCCC3)C2)cs1. The maximum absolute atomic E-state index is 13.8. The standard InChI is InChI=1S/C27H36F3N5O3S/c1-25(2,3)38-24(37)34-23-33-21(17-39-23)26(9-8-20(13-26)35-10-6-4-5-7-11-35)22(36)32-15-18-12-19(16-31-14-18)27(28,29)30/h12,14,16-17,20H,4-11,13,15H2,1-3H3,(H,32,36)(H,33,34,37). The summed E-state index contributed by atoms with van der Waals surface area (Å²) in [5.41, 5.74) is -1.67. The number of ether oxygens (including phenoxy) is 1. The van der Waals surface area contributed by atoms with Crippen molar-refractivity contribution in [1.82, 2.24) is 20.2 Å². The van der Waals surface area contributed by atoms with E-state index in [4.69, 9.17) is 4.74 Å². The summed E-state index contributed by atoms with van der Waals surface area (Å²) in [6.07, 6.45) is 3.50. The highest BCUT2D eigenvalue weighted by atomic mass is 32.1. The first kappa shape index (κ1) is 29.3. The average Bonchev–Trinajstić information content (AvgIpc) is 3.42. The number of anilines is 1. The Bertz CT molecular complexity index is 1160. The number of carbonyl (C=O) groups excluding carboxylic acids is 2. The minimum Gasteiger partial charge on any atom is -0.444 e. The van der Waals surface area contributed by atoms with Gasteiger partial charge in [-0.1, -0.05) is 12.8 Å². The Morgan fingerprint density at radius 2 is 1.87 bits per heavy atom. The Morgan fingerprint density at radius 3 is 2.54 bits per heavy atom. The van der Waals surface area contributed by atoms with Gasteiger partial charge in [0.1, 0.15) is 5.60 Å². The van der Waals surface area contributed by atoms with Gasteiger partial charge in [-0.05, 0) is 77.6 Å². The number of aromatic nitrogens is 2.